The first-order valence-electron chi connectivity index (χ1n) is 6.10. The van der Waals surface area contributed by atoms with Crippen LogP contribution in [0, 0.1) is 11.3 Å². The second kappa shape index (κ2) is 7.67. The summed E-state index contributed by atoms with van der Waals surface area (Å²) in [5.74, 6) is 0. The van der Waals surface area contributed by atoms with Crippen LogP contribution in [0.25, 0.3) is 0 Å². The highest BCUT2D eigenvalue weighted by atomic mass is 16.3. The number of hydrogen-bond donors (Lipinski definition) is 1. The van der Waals surface area contributed by atoms with E-state index in [2.05, 4.69) is 11.0 Å². The quantitative estimate of drug-likeness (QED) is 0.623. The molecule has 0 unspecified atom stereocenters. The van der Waals surface area contributed by atoms with E-state index in [1.165, 1.54) is 19.3 Å². The van der Waals surface area contributed by atoms with Gasteiger partial charge in [-0.2, -0.15) is 5.26 Å². The first-order chi connectivity index (χ1) is 7.38. The Balaban J connectivity index is 2.13. The molecule has 1 saturated carbocycles. The molecule has 0 atom stereocenters. The fourth-order valence-electron chi connectivity index (χ4n) is 2.02. The molecule has 1 fully saturated rings. The second-order valence-electron chi connectivity index (χ2n) is 4.31. The fourth-order valence-corrected chi connectivity index (χ4v) is 2.02. The van der Waals surface area contributed by atoms with Gasteiger partial charge in [0.2, 0.25) is 0 Å². The summed E-state index contributed by atoms with van der Waals surface area (Å²) in [5.41, 5.74) is 0. The molecule has 0 amide bonds. The predicted octanol–water partition coefficient (Wildman–Crippen LogP) is 1.92. The second-order valence-corrected chi connectivity index (χ2v) is 4.31. The molecule has 0 radical (unpaired) electrons. The average Bonchev–Trinajstić information content (AvgIpc) is 2.17. The predicted molar refractivity (Wildman–Crippen MR) is 60.4 cm³/mol. The minimum Gasteiger partial charge on any atom is -0.396 e. The third kappa shape index (κ3) is 4.63. The van der Waals surface area contributed by atoms with E-state index in [0.29, 0.717) is 13.0 Å². The largest absolute Gasteiger partial charge is 0.396 e. The number of unbranched alkanes of at least 4 members (excludes halogenated alkanes) is 2. The lowest BCUT2D eigenvalue weighted by Gasteiger charge is -2.37. The van der Waals surface area contributed by atoms with Gasteiger partial charge in [-0.15, -0.1) is 0 Å². The zero-order valence-electron chi connectivity index (χ0n) is 9.49. The Morgan fingerprint density at radius 3 is 2.47 bits per heavy atom. The molecule has 0 aliphatic heterocycles. The Hall–Kier alpha value is -0.590. The highest BCUT2D eigenvalue weighted by Gasteiger charge is 2.23. The summed E-state index contributed by atoms with van der Waals surface area (Å²) in [6, 6.07) is 2.95. The van der Waals surface area contributed by atoms with Gasteiger partial charge in [-0.3, -0.25) is 0 Å². The van der Waals surface area contributed by atoms with Crippen LogP contribution in [-0.2, 0) is 0 Å². The van der Waals surface area contributed by atoms with Gasteiger partial charge in [-0.1, -0.05) is 6.42 Å². The molecular weight excluding hydrogens is 188 g/mol. The van der Waals surface area contributed by atoms with Crippen LogP contribution < -0.4 is 0 Å². The monoisotopic (exact) mass is 210 g/mol. The molecule has 0 aromatic heterocycles. The molecule has 15 heavy (non-hydrogen) atoms. The fraction of sp³-hybridized carbons (Fsp3) is 0.917. The summed E-state index contributed by atoms with van der Waals surface area (Å²) in [5, 5.41) is 17.3. The molecular formula is C12H22N2O. The Bertz CT molecular complexity index is 196. The normalized spacial score (nSPS) is 16.3. The molecule has 3 heteroatoms. The molecule has 0 heterocycles. The number of aliphatic hydroxyl groups is 1. The van der Waals surface area contributed by atoms with Crippen molar-refractivity contribution in [2.75, 3.05) is 19.7 Å². The Kier molecular flexibility index (Phi) is 6.38. The molecule has 3 nitrogen and oxygen atoms in total. The van der Waals surface area contributed by atoms with Gasteiger partial charge in [-0.05, 0) is 38.6 Å². The van der Waals surface area contributed by atoms with Crippen molar-refractivity contribution in [3.05, 3.63) is 0 Å². The molecule has 1 N–H and O–H groups in total. The minimum atomic E-state index is 0.293. The lowest BCUT2D eigenvalue weighted by atomic mass is 9.91. The van der Waals surface area contributed by atoms with Gasteiger partial charge < -0.3 is 10.0 Å². The zero-order chi connectivity index (χ0) is 10.9. The summed E-state index contributed by atoms with van der Waals surface area (Å²) >= 11 is 0. The molecule has 0 aromatic rings. The van der Waals surface area contributed by atoms with Crippen LogP contribution in [0.1, 0.15) is 44.9 Å². The molecule has 0 saturated heterocycles. The maximum atomic E-state index is 8.83. The van der Waals surface area contributed by atoms with E-state index in [9.17, 15) is 0 Å². The van der Waals surface area contributed by atoms with Gasteiger partial charge in [0.15, 0.2) is 0 Å². The van der Waals surface area contributed by atoms with E-state index in [0.717, 1.165) is 38.4 Å². The number of rotatable bonds is 8. The van der Waals surface area contributed by atoms with Crippen LogP contribution in [0.15, 0.2) is 0 Å². The van der Waals surface area contributed by atoms with E-state index < -0.39 is 0 Å². The number of nitriles is 1. The van der Waals surface area contributed by atoms with Crippen LogP contribution >= 0.6 is 0 Å². The lowest BCUT2D eigenvalue weighted by molar-refractivity contribution is 0.115. The van der Waals surface area contributed by atoms with Crippen molar-refractivity contribution >= 4 is 0 Å². The number of nitrogens with zero attached hydrogens (tertiary/aromatic N) is 2. The molecule has 0 spiro atoms. The highest BCUT2D eigenvalue weighted by Crippen LogP contribution is 2.25. The SMILES string of the molecule is N#CCCCCN(CCCO)C1CCC1. The van der Waals surface area contributed by atoms with Crippen molar-refractivity contribution in [2.45, 2.75) is 51.0 Å². The van der Waals surface area contributed by atoms with Crippen molar-refractivity contribution in [2.24, 2.45) is 0 Å². The molecule has 0 bridgehead atoms. The first-order valence-corrected chi connectivity index (χ1v) is 6.10. The van der Waals surface area contributed by atoms with E-state index in [1.807, 2.05) is 0 Å². The van der Waals surface area contributed by atoms with Crippen LogP contribution in [0.2, 0.25) is 0 Å². The van der Waals surface area contributed by atoms with Crippen molar-refractivity contribution < 1.29 is 5.11 Å². The van der Waals surface area contributed by atoms with E-state index >= 15 is 0 Å². The van der Waals surface area contributed by atoms with E-state index in [-0.39, 0.29) is 0 Å². The average molecular weight is 210 g/mol. The summed E-state index contributed by atoms with van der Waals surface area (Å²) in [6.45, 7) is 2.42. The van der Waals surface area contributed by atoms with Gasteiger partial charge in [0.25, 0.3) is 0 Å². The van der Waals surface area contributed by atoms with Crippen molar-refractivity contribution in [3.63, 3.8) is 0 Å². The molecule has 1 aliphatic rings. The molecule has 1 aliphatic carbocycles. The van der Waals surface area contributed by atoms with Gasteiger partial charge in [-0.25, -0.2) is 0 Å². The Labute approximate surface area is 92.7 Å². The number of hydrogen-bond acceptors (Lipinski definition) is 3. The maximum Gasteiger partial charge on any atom is 0.0621 e. The van der Waals surface area contributed by atoms with Gasteiger partial charge in [0.05, 0.1) is 6.07 Å². The third-order valence-electron chi connectivity index (χ3n) is 3.18. The van der Waals surface area contributed by atoms with E-state index in [4.69, 9.17) is 10.4 Å². The van der Waals surface area contributed by atoms with Crippen LogP contribution in [0.3, 0.4) is 0 Å². The topological polar surface area (TPSA) is 47.3 Å². The number of aliphatic hydroxyl groups excluding tert-OH is 1. The van der Waals surface area contributed by atoms with Crippen LogP contribution in [0.5, 0.6) is 0 Å². The van der Waals surface area contributed by atoms with Gasteiger partial charge >= 0.3 is 0 Å². The molecule has 86 valence electrons. The summed E-state index contributed by atoms with van der Waals surface area (Å²) < 4.78 is 0. The summed E-state index contributed by atoms with van der Waals surface area (Å²) in [6.07, 6.45) is 7.70. The lowest BCUT2D eigenvalue weighted by Crippen LogP contribution is -2.41. The summed E-state index contributed by atoms with van der Waals surface area (Å²) in [7, 11) is 0. The summed E-state index contributed by atoms with van der Waals surface area (Å²) in [4.78, 5) is 2.50. The smallest absolute Gasteiger partial charge is 0.0621 e. The van der Waals surface area contributed by atoms with Crippen LogP contribution in [-0.4, -0.2) is 35.7 Å². The maximum absolute atomic E-state index is 8.83. The standard InChI is InChI=1S/C12H22N2O/c13-8-2-1-3-9-14(10-5-11-15)12-6-4-7-12/h12,15H,1-7,9-11H2. The highest BCUT2D eigenvalue weighted by molar-refractivity contribution is 4.80. The van der Waals surface area contributed by atoms with Crippen molar-refractivity contribution in [1.29, 1.82) is 5.26 Å². The molecule has 1 rings (SSSR count). The Morgan fingerprint density at radius 2 is 1.93 bits per heavy atom. The van der Waals surface area contributed by atoms with E-state index in [1.54, 1.807) is 0 Å². The van der Waals surface area contributed by atoms with Crippen molar-refractivity contribution in [3.8, 4) is 6.07 Å². The van der Waals surface area contributed by atoms with Crippen molar-refractivity contribution in [1.82, 2.24) is 4.90 Å². The minimum absolute atomic E-state index is 0.293. The van der Waals surface area contributed by atoms with Gasteiger partial charge in [0, 0.05) is 25.6 Å². The zero-order valence-corrected chi connectivity index (χ0v) is 9.49. The first kappa shape index (κ1) is 12.5. The van der Waals surface area contributed by atoms with Gasteiger partial charge in [0.1, 0.15) is 0 Å². The third-order valence-corrected chi connectivity index (χ3v) is 3.18. The molecule has 0 aromatic carbocycles. The Morgan fingerprint density at radius 1 is 1.20 bits per heavy atom. The van der Waals surface area contributed by atoms with Crippen LogP contribution in [0.4, 0.5) is 0 Å².